The summed E-state index contributed by atoms with van der Waals surface area (Å²) in [6.45, 7) is 3.51. The molecule has 1 heterocycles. The lowest BCUT2D eigenvalue weighted by atomic mass is 10.2. The maximum absolute atomic E-state index is 12.7. The molecule has 0 bridgehead atoms. The summed E-state index contributed by atoms with van der Waals surface area (Å²) in [5.41, 5.74) is 5.31. The number of nitrogens with zero attached hydrogens (tertiary/aromatic N) is 5. The number of aliphatic imine (C=N–C) groups is 2. The van der Waals surface area contributed by atoms with Crippen LogP contribution in [0.4, 0.5) is 11.6 Å². The summed E-state index contributed by atoms with van der Waals surface area (Å²) in [7, 11) is 1.37. The number of amides is 1. The number of hydrogen-bond acceptors (Lipinski definition) is 8. The molecule has 0 saturated carbocycles. The monoisotopic (exact) mass is 495 g/mol. The molecular formula is C23H22ClN7O4. The maximum Gasteiger partial charge on any atom is 0.354 e. The Bertz CT molecular complexity index is 1390. The van der Waals surface area contributed by atoms with Gasteiger partial charge in [-0.2, -0.15) is 4.98 Å². The molecule has 0 saturated heterocycles. The number of nitrogens with one attached hydrogen (secondary N) is 1. The third-order valence-electron chi connectivity index (χ3n) is 4.65. The molecular weight excluding hydrogens is 474 g/mol. The summed E-state index contributed by atoms with van der Waals surface area (Å²) in [4.78, 5) is 47.4. The first-order chi connectivity index (χ1) is 16.8. The first-order valence-electron chi connectivity index (χ1n) is 10.2. The van der Waals surface area contributed by atoms with Gasteiger partial charge in [0.25, 0.3) is 5.91 Å². The fraction of sp³-hybridized carbons (Fsp3) is 0.130. The quantitative estimate of drug-likeness (QED) is 0.324. The summed E-state index contributed by atoms with van der Waals surface area (Å²) in [5.74, 6) is -0.123. The highest BCUT2D eigenvalue weighted by molar-refractivity contribution is 6.30. The Labute approximate surface area is 204 Å². The van der Waals surface area contributed by atoms with Gasteiger partial charge in [0.1, 0.15) is 18.1 Å². The number of benzene rings is 2. The molecule has 180 valence electrons. The van der Waals surface area contributed by atoms with E-state index in [0.29, 0.717) is 16.5 Å². The topological polar surface area (TPSA) is 146 Å². The molecule has 0 aliphatic rings. The van der Waals surface area contributed by atoms with E-state index in [-0.39, 0.29) is 24.8 Å². The van der Waals surface area contributed by atoms with Crippen LogP contribution in [0.25, 0.3) is 0 Å². The average molecular weight is 496 g/mol. The Hall–Kier alpha value is -4.51. The molecule has 0 unspecified atom stereocenters. The second-order valence-corrected chi connectivity index (χ2v) is 7.54. The Balaban J connectivity index is 1.74. The Kier molecular flexibility index (Phi) is 8.30. The summed E-state index contributed by atoms with van der Waals surface area (Å²) in [6, 6.07) is 13.7. The zero-order valence-electron chi connectivity index (χ0n) is 18.7. The largest absolute Gasteiger partial charge is 0.488 e. The molecule has 2 aromatic carbocycles. The molecule has 0 spiro atoms. The lowest BCUT2D eigenvalue weighted by Gasteiger charge is -2.14. The van der Waals surface area contributed by atoms with E-state index in [1.54, 1.807) is 48.5 Å². The summed E-state index contributed by atoms with van der Waals surface area (Å²) >= 11 is 5.94. The minimum absolute atomic E-state index is 0.0469. The number of carbonyl (C=O) groups is 1. The number of nitrogens with two attached hydrogens (primary N) is 1. The van der Waals surface area contributed by atoms with Gasteiger partial charge in [0, 0.05) is 24.0 Å². The molecule has 0 radical (unpaired) electrons. The van der Waals surface area contributed by atoms with Gasteiger partial charge in [-0.1, -0.05) is 23.7 Å². The van der Waals surface area contributed by atoms with Gasteiger partial charge >= 0.3 is 11.4 Å². The van der Waals surface area contributed by atoms with Crippen LogP contribution in [0.15, 0.2) is 80.0 Å². The minimum atomic E-state index is -0.733. The fourth-order valence-corrected chi connectivity index (χ4v) is 3.00. The average Bonchev–Trinajstić information content (AvgIpc) is 2.84. The van der Waals surface area contributed by atoms with Crippen LogP contribution in [0.3, 0.4) is 0 Å². The van der Waals surface area contributed by atoms with Crippen molar-refractivity contribution in [1.29, 1.82) is 0 Å². The van der Waals surface area contributed by atoms with E-state index in [1.165, 1.54) is 17.8 Å². The first-order valence-corrected chi connectivity index (χ1v) is 10.6. The number of halogens is 1. The number of carbonyl (C=O) groups excluding carboxylic acids is 1. The predicted molar refractivity (Wildman–Crippen MR) is 135 cm³/mol. The van der Waals surface area contributed by atoms with E-state index in [4.69, 9.17) is 22.1 Å². The molecule has 1 aromatic heterocycles. The molecule has 3 N–H and O–H groups in total. The Morgan fingerprint density at radius 2 is 1.89 bits per heavy atom. The van der Waals surface area contributed by atoms with Gasteiger partial charge in [0.2, 0.25) is 5.95 Å². The third-order valence-corrected chi connectivity index (χ3v) is 4.90. The van der Waals surface area contributed by atoms with Crippen LogP contribution >= 0.6 is 11.6 Å². The van der Waals surface area contributed by atoms with E-state index in [2.05, 4.69) is 27.0 Å². The zero-order valence-corrected chi connectivity index (χ0v) is 19.5. The van der Waals surface area contributed by atoms with Crippen LogP contribution in [0.5, 0.6) is 5.75 Å². The maximum atomic E-state index is 12.7. The van der Waals surface area contributed by atoms with Crippen LogP contribution < -0.4 is 27.2 Å². The highest BCUT2D eigenvalue weighted by Gasteiger charge is 2.12. The molecule has 0 aliphatic carbocycles. The second-order valence-electron chi connectivity index (χ2n) is 7.11. The number of aromatic nitrogens is 3. The lowest BCUT2D eigenvalue weighted by molar-refractivity contribution is -0.114. The van der Waals surface area contributed by atoms with Crippen LogP contribution in [0.1, 0.15) is 5.56 Å². The van der Waals surface area contributed by atoms with Crippen molar-refractivity contribution in [2.24, 2.45) is 22.8 Å². The van der Waals surface area contributed by atoms with Crippen LogP contribution in [-0.4, -0.2) is 39.6 Å². The first kappa shape index (κ1) is 25.1. The van der Waals surface area contributed by atoms with Crippen LogP contribution in [0, 0.1) is 0 Å². The van der Waals surface area contributed by atoms with Crippen molar-refractivity contribution in [3.63, 3.8) is 0 Å². The number of hydrogen-bond donors (Lipinski definition) is 2. The highest BCUT2D eigenvalue weighted by atomic mass is 35.5. The van der Waals surface area contributed by atoms with Crippen LogP contribution in [0.2, 0.25) is 5.02 Å². The van der Waals surface area contributed by atoms with Gasteiger partial charge in [-0.05, 0) is 48.7 Å². The molecule has 0 fully saturated rings. The standard InChI is InChI=1S/C23H22ClN7O4/c1-26-13-19(20(25)32)27-11-12-35-18-9-7-17(8-10-18)28-21-29-22(33)30(2)23(34)31(21)14-15-3-5-16(24)6-4-15/h3-11,13H,1,12,14H2,2H3,(H2,25,32)(H,28,29,33)/b19-13-,27-11?. The van der Waals surface area contributed by atoms with E-state index in [1.807, 2.05) is 0 Å². The van der Waals surface area contributed by atoms with Crippen molar-refractivity contribution in [2.45, 2.75) is 6.54 Å². The third kappa shape index (κ3) is 6.74. The van der Waals surface area contributed by atoms with E-state index in [0.717, 1.165) is 16.3 Å². The van der Waals surface area contributed by atoms with Gasteiger partial charge < -0.3 is 15.8 Å². The number of rotatable bonds is 10. The second kappa shape index (κ2) is 11.6. The lowest BCUT2D eigenvalue weighted by Crippen LogP contribution is -2.41. The predicted octanol–water partition coefficient (Wildman–Crippen LogP) is 1.86. The van der Waals surface area contributed by atoms with Crippen molar-refractivity contribution < 1.29 is 9.53 Å². The molecule has 0 atom stereocenters. The summed E-state index contributed by atoms with van der Waals surface area (Å²) in [6.07, 6.45) is 2.52. The molecule has 35 heavy (non-hydrogen) atoms. The zero-order chi connectivity index (χ0) is 25.4. The highest BCUT2D eigenvalue weighted by Crippen LogP contribution is 2.19. The smallest absolute Gasteiger partial charge is 0.354 e. The molecule has 12 heteroatoms. The number of primary amides is 1. The minimum Gasteiger partial charge on any atom is -0.488 e. The SMILES string of the molecule is C=N/C=C(\N=CCOc1ccc(Nc2nc(=O)n(C)c(=O)n2Cc2ccc(Cl)cc2)cc1)C(N)=O. The Morgan fingerprint density at radius 1 is 1.20 bits per heavy atom. The molecule has 1 amide bonds. The van der Waals surface area contributed by atoms with Gasteiger partial charge in [-0.25, -0.2) is 14.2 Å². The molecule has 0 aliphatic heterocycles. The Morgan fingerprint density at radius 3 is 2.51 bits per heavy atom. The van der Waals surface area contributed by atoms with Gasteiger partial charge in [0.15, 0.2) is 0 Å². The molecule has 3 aromatic rings. The van der Waals surface area contributed by atoms with E-state index < -0.39 is 17.3 Å². The molecule has 3 rings (SSSR count). The number of anilines is 2. The van der Waals surface area contributed by atoms with Gasteiger partial charge in [-0.15, -0.1) is 0 Å². The van der Waals surface area contributed by atoms with Crippen molar-refractivity contribution in [3.05, 3.63) is 92.0 Å². The van der Waals surface area contributed by atoms with Gasteiger partial charge in [-0.3, -0.25) is 19.3 Å². The van der Waals surface area contributed by atoms with Crippen molar-refractivity contribution in [2.75, 3.05) is 11.9 Å². The normalized spacial score (nSPS) is 11.4. The number of ether oxygens (including phenoxy) is 1. The summed E-state index contributed by atoms with van der Waals surface area (Å²) in [5, 5.41) is 3.58. The fourth-order valence-electron chi connectivity index (χ4n) is 2.87. The van der Waals surface area contributed by atoms with E-state index >= 15 is 0 Å². The van der Waals surface area contributed by atoms with Crippen LogP contribution in [-0.2, 0) is 18.4 Å². The molecule has 11 nitrogen and oxygen atoms in total. The van der Waals surface area contributed by atoms with Crippen molar-refractivity contribution in [3.8, 4) is 5.75 Å². The van der Waals surface area contributed by atoms with Gasteiger partial charge in [0.05, 0.1) is 12.7 Å². The summed E-state index contributed by atoms with van der Waals surface area (Å²) < 4.78 is 7.84. The van der Waals surface area contributed by atoms with E-state index in [9.17, 15) is 14.4 Å². The van der Waals surface area contributed by atoms with Crippen molar-refractivity contribution >= 4 is 42.1 Å². The van der Waals surface area contributed by atoms with Crippen molar-refractivity contribution in [1.82, 2.24) is 14.1 Å².